The summed E-state index contributed by atoms with van der Waals surface area (Å²) in [7, 11) is -4.64. The fourth-order valence-electron chi connectivity index (χ4n) is 1.31. The minimum Gasteiger partial charge on any atom is -0.478 e. The van der Waals surface area contributed by atoms with Gasteiger partial charge in [0.1, 0.15) is 0 Å². The monoisotopic (exact) mass is 298 g/mol. The number of aliphatic hydroxyl groups excluding tert-OH is 1. The van der Waals surface area contributed by atoms with E-state index in [2.05, 4.69) is 6.92 Å². The minimum atomic E-state index is -4.64. The van der Waals surface area contributed by atoms with Crippen molar-refractivity contribution in [2.24, 2.45) is 5.92 Å². The van der Waals surface area contributed by atoms with Crippen molar-refractivity contribution in [1.82, 2.24) is 0 Å². The van der Waals surface area contributed by atoms with Gasteiger partial charge < -0.3 is 24.9 Å². The Balaban J connectivity index is 0. The Bertz CT molecular complexity index is 313. The van der Waals surface area contributed by atoms with Gasteiger partial charge in [-0.1, -0.05) is 32.3 Å². The first-order valence-corrected chi connectivity index (χ1v) is 7.49. The number of hydrogen-bond donors (Lipinski definition) is 5. The van der Waals surface area contributed by atoms with E-state index in [0.717, 1.165) is 25.7 Å². The van der Waals surface area contributed by atoms with Gasteiger partial charge in [0.2, 0.25) is 0 Å². The number of unbranched alkanes of at least 4 members (excludes halogenated alkanes) is 2. The summed E-state index contributed by atoms with van der Waals surface area (Å²) in [6.07, 6.45) is 5.84. The van der Waals surface area contributed by atoms with Gasteiger partial charge in [0.15, 0.2) is 0 Å². The molecule has 0 saturated heterocycles. The lowest BCUT2D eigenvalue weighted by atomic mass is 9.99. The maximum atomic E-state index is 10.5. The van der Waals surface area contributed by atoms with Crippen LogP contribution < -0.4 is 0 Å². The molecule has 8 heteroatoms. The molecule has 0 aliphatic heterocycles. The van der Waals surface area contributed by atoms with Gasteiger partial charge in [0.25, 0.3) is 0 Å². The van der Waals surface area contributed by atoms with E-state index >= 15 is 0 Å². The smallest absolute Gasteiger partial charge is 0.466 e. The second-order valence-corrected chi connectivity index (χ2v) is 5.13. The number of aliphatic carboxylic acids is 1. The molecule has 0 aliphatic rings. The van der Waals surface area contributed by atoms with Crippen LogP contribution in [0.3, 0.4) is 0 Å². The second kappa shape index (κ2) is 11.1. The molecule has 0 fully saturated rings. The Labute approximate surface area is 112 Å². The molecular weight excluding hydrogens is 275 g/mol. The Morgan fingerprint density at radius 1 is 1.26 bits per heavy atom. The van der Waals surface area contributed by atoms with Crippen LogP contribution in [0.5, 0.6) is 0 Å². The SMILES string of the molecule is CCCCCC(C=C(C)C(=O)O)CO.O=P(O)(O)O. The van der Waals surface area contributed by atoms with Crippen molar-refractivity contribution in [2.45, 2.75) is 39.5 Å². The molecule has 0 saturated carbocycles. The molecule has 0 radical (unpaired) electrons. The standard InChI is InChI=1S/C11H20O3.H3O4P/c1-3-4-5-6-10(8-12)7-9(2)11(13)14;1-5(2,3)4/h7,10,12H,3-6,8H2,1-2H3,(H,13,14);(H3,1,2,3,4). The maximum Gasteiger partial charge on any atom is 0.466 e. The molecule has 0 aromatic carbocycles. The van der Waals surface area contributed by atoms with E-state index in [1.807, 2.05) is 0 Å². The topological polar surface area (TPSA) is 135 Å². The summed E-state index contributed by atoms with van der Waals surface area (Å²) in [5.74, 6) is -0.906. The van der Waals surface area contributed by atoms with Gasteiger partial charge >= 0.3 is 13.8 Å². The van der Waals surface area contributed by atoms with Crippen LogP contribution in [0.15, 0.2) is 11.6 Å². The van der Waals surface area contributed by atoms with Gasteiger partial charge in [-0.3, -0.25) is 0 Å². The lowest BCUT2D eigenvalue weighted by Crippen LogP contribution is -2.06. The summed E-state index contributed by atoms with van der Waals surface area (Å²) in [4.78, 5) is 32.1. The summed E-state index contributed by atoms with van der Waals surface area (Å²) in [5.41, 5.74) is 0.320. The van der Waals surface area contributed by atoms with Crippen molar-refractivity contribution >= 4 is 13.8 Å². The number of hydrogen-bond acceptors (Lipinski definition) is 3. The highest BCUT2D eigenvalue weighted by molar-refractivity contribution is 7.45. The van der Waals surface area contributed by atoms with Gasteiger partial charge in [-0.05, 0) is 13.3 Å². The number of aliphatic hydroxyl groups is 1. The van der Waals surface area contributed by atoms with Crippen LogP contribution in [0.1, 0.15) is 39.5 Å². The molecule has 0 heterocycles. The molecule has 0 aromatic heterocycles. The average molecular weight is 298 g/mol. The van der Waals surface area contributed by atoms with E-state index in [1.54, 1.807) is 13.0 Å². The summed E-state index contributed by atoms with van der Waals surface area (Å²) in [5, 5.41) is 17.7. The molecule has 0 bridgehead atoms. The zero-order valence-electron chi connectivity index (χ0n) is 11.2. The molecule has 114 valence electrons. The molecule has 19 heavy (non-hydrogen) atoms. The van der Waals surface area contributed by atoms with Crippen molar-refractivity contribution in [2.75, 3.05) is 6.61 Å². The number of carboxylic acids is 1. The fraction of sp³-hybridized carbons (Fsp3) is 0.727. The predicted octanol–water partition coefficient (Wildman–Crippen LogP) is 1.28. The molecule has 7 nitrogen and oxygen atoms in total. The summed E-state index contributed by atoms with van der Waals surface area (Å²) in [6, 6.07) is 0. The van der Waals surface area contributed by atoms with Crippen molar-refractivity contribution in [3.05, 3.63) is 11.6 Å². The number of rotatable bonds is 7. The van der Waals surface area contributed by atoms with Crippen LogP contribution in [0, 0.1) is 5.92 Å². The Morgan fingerprint density at radius 2 is 1.74 bits per heavy atom. The Kier molecular flexibility index (Phi) is 12.1. The lowest BCUT2D eigenvalue weighted by Gasteiger charge is -2.09. The van der Waals surface area contributed by atoms with Gasteiger partial charge in [-0.15, -0.1) is 0 Å². The molecule has 0 amide bonds. The molecule has 0 rings (SSSR count). The van der Waals surface area contributed by atoms with Crippen LogP contribution in [-0.4, -0.2) is 37.5 Å². The predicted molar refractivity (Wildman–Crippen MR) is 70.4 cm³/mol. The van der Waals surface area contributed by atoms with Gasteiger partial charge in [-0.25, -0.2) is 9.36 Å². The third-order valence-electron chi connectivity index (χ3n) is 2.24. The molecule has 0 aromatic rings. The van der Waals surface area contributed by atoms with Crippen LogP contribution in [-0.2, 0) is 9.36 Å². The summed E-state index contributed by atoms with van der Waals surface area (Å²) < 4.78 is 8.88. The van der Waals surface area contributed by atoms with Crippen molar-refractivity contribution < 1.29 is 34.3 Å². The van der Waals surface area contributed by atoms with Crippen molar-refractivity contribution in [3.63, 3.8) is 0 Å². The summed E-state index contributed by atoms with van der Waals surface area (Å²) >= 11 is 0. The first-order valence-electron chi connectivity index (χ1n) is 5.92. The number of carbonyl (C=O) groups is 1. The second-order valence-electron chi connectivity index (χ2n) is 4.11. The third-order valence-corrected chi connectivity index (χ3v) is 2.24. The Hall–Kier alpha value is -0.720. The van der Waals surface area contributed by atoms with Crippen molar-refractivity contribution in [1.29, 1.82) is 0 Å². The molecule has 1 atom stereocenters. The van der Waals surface area contributed by atoms with Gasteiger partial charge in [0.05, 0.1) is 0 Å². The lowest BCUT2D eigenvalue weighted by molar-refractivity contribution is -0.132. The molecular formula is C11H23O7P. The zero-order valence-corrected chi connectivity index (χ0v) is 12.1. The molecule has 0 spiro atoms. The zero-order chi connectivity index (χ0) is 15.5. The fourth-order valence-corrected chi connectivity index (χ4v) is 1.31. The van der Waals surface area contributed by atoms with E-state index in [1.165, 1.54) is 0 Å². The van der Waals surface area contributed by atoms with Crippen LogP contribution in [0.25, 0.3) is 0 Å². The summed E-state index contributed by atoms with van der Waals surface area (Å²) in [6.45, 7) is 3.71. The van der Waals surface area contributed by atoms with Gasteiger partial charge in [-0.2, -0.15) is 0 Å². The highest BCUT2D eigenvalue weighted by atomic mass is 31.2. The highest BCUT2D eigenvalue weighted by Gasteiger charge is 2.07. The van der Waals surface area contributed by atoms with E-state index < -0.39 is 13.8 Å². The van der Waals surface area contributed by atoms with E-state index in [4.69, 9.17) is 29.5 Å². The minimum absolute atomic E-state index is 0.00218. The van der Waals surface area contributed by atoms with Crippen molar-refractivity contribution in [3.8, 4) is 0 Å². The number of carboxylic acid groups (broad SMARTS) is 1. The quantitative estimate of drug-likeness (QED) is 0.271. The highest BCUT2D eigenvalue weighted by Crippen LogP contribution is 2.25. The van der Waals surface area contributed by atoms with Crippen LogP contribution >= 0.6 is 7.82 Å². The van der Waals surface area contributed by atoms with E-state index in [-0.39, 0.29) is 12.5 Å². The van der Waals surface area contributed by atoms with Crippen LogP contribution in [0.4, 0.5) is 0 Å². The molecule has 0 aliphatic carbocycles. The normalized spacial score (nSPS) is 13.5. The molecule has 1 unspecified atom stereocenters. The third kappa shape index (κ3) is 19.8. The maximum absolute atomic E-state index is 10.5. The largest absolute Gasteiger partial charge is 0.478 e. The molecule has 5 N–H and O–H groups in total. The Morgan fingerprint density at radius 3 is 2.05 bits per heavy atom. The van der Waals surface area contributed by atoms with Crippen LogP contribution in [0.2, 0.25) is 0 Å². The first kappa shape index (κ1) is 20.6. The van der Waals surface area contributed by atoms with E-state index in [9.17, 15) is 4.79 Å². The first-order chi connectivity index (χ1) is 8.61. The average Bonchev–Trinajstić information content (AvgIpc) is 2.25. The number of phosphoric acid groups is 1. The van der Waals surface area contributed by atoms with Gasteiger partial charge in [0, 0.05) is 18.1 Å². The van der Waals surface area contributed by atoms with E-state index in [0.29, 0.717) is 5.57 Å².